The van der Waals surface area contributed by atoms with Crippen LogP contribution < -0.4 is 17.2 Å². The van der Waals surface area contributed by atoms with Crippen molar-refractivity contribution in [2.75, 3.05) is 12.3 Å². The number of guanidine groups is 1. The van der Waals surface area contributed by atoms with Crippen LogP contribution in [0.2, 0.25) is 0 Å². The average molecular weight is 266 g/mol. The summed E-state index contributed by atoms with van der Waals surface area (Å²) >= 11 is 0. The highest BCUT2D eigenvalue weighted by Crippen LogP contribution is 2.22. The van der Waals surface area contributed by atoms with Crippen LogP contribution >= 0.6 is 0 Å². The quantitative estimate of drug-likeness (QED) is 0.302. The van der Waals surface area contributed by atoms with Gasteiger partial charge < -0.3 is 32.0 Å². The normalized spacial score (nSPS) is 12.5. The Morgan fingerprint density at radius 3 is 2.79 bits per heavy atom. The largest absolute Gasteiger partial charge is 0.394 e. The Labute approximate surface area is 107 Å². The number of rotatable bonds is 4. The highest BCUT2D eigenvalue weighted by atomic mass is 16.3. The van der Waals surface area contributed by atoms with Gasteiger partial charge in [0.1, 0.15) is 0 Å². The van der Waals surface area contributed by atoms with E-state index in [4.69, 9.17) is 22.3 Å². The Kier molecular flexibility index (Phi) is 3.44. The van der Waals surface area contributed by atoms with Crippen molar-refractivity contribution in [2.45, 2.75) is 12.6 Å². The summed E-state index contributed by atoms with van der Waals surface area (Å²) in [5.74, 6) is -0.0446. The van der Waals surface area contributed by atoms with Gasteiger partial charge in [-0.05, 0) is 0 Å². The van der Waals surface area contributed by atoms with Gasteiger partial charge in [0.15, 0.2) is 22.9 Å². The first-order valence-electron chi connectivity index (χ1n) is 5.38. The number of aliphatic hydroxyl groups excluding tert-OH is 2. The number of aliphatic imine (C=N–C) groups is 1. The number of hydrogen-bond donors (Lipinski definition) is 5. The molecule has 0 aliphatic heterocycles. The summed E-state index contributed by atoms with van der Waals surface area (Å²) in [6.45, 7) is -0.258. The van der Waals surface area contributed by atoms with Crippen LogP contribution in [0.25, 0.3) is 11.2 Å². The van der Waals surface area contributed by atoms with Crippen LogP contribution in [0.5, 0.6) is 0 Å². The van der Waals surface area contributed by atoms with E-state index in [1.54, 1.807) is 0 Å². The zero-order valence-corrected chi connectivity index (χ0v) is 9.93. The molecule has 8 N–H and O–H groups in total. The van der Waals surface area contributed by atoms with Crippen LogP contribution in [0.15, 0.2) is 11.3 Å². The number of aliphatic hydroxyl groups is 2. The minimum atomic E-state index is -0.930. The molecule has 0 aliphatic carbocycles. The van der Waals surface area contributed by atoms with Crippen LogP contribution in [0.1, 0.15) is 0 Å². The Morgan fingerprint density at radius 2 is 2.16 bits per heavy atom. The molecule has 10 nitrogen and oxygen atoms in total. The van der Waals surface area contributed by atoms with E-state index in [1.165, 1.54) is 10.9 Å². The molecule has 2 aromatic rings. The lowest BCUT2D eigenvalue weighted by Crippen LogP contribution is -2.22. The van der Waals surface area contributed by atoms with E-state index in [0.29, 0.717) is 11.2 Å². The molecular weight excluding hydrogens is 252 g/mol. The number of nitrogens with two attached hydrogens (primary N) is 3. The predicted molar refractivity (Wildman–Crippen MR) is 68.3 cm³/mol. The molecule has 0 fully saturated rings. The number of anilines is 1. The monoisotopic (exact) mass is 266 g/mol. The number of fused-ring (bicyclic) bond motifs is 1. The molecule has 0 saturated heterocycles. The number of nitrogen functional groups attached to an aromatic ring is 1. The van der Waals surface area contributed by atoms with Crippen molar-refractivity contribution in [1.82, 2.24) is 19.5 Å². The van der Waals surface area contributed by atoms with Gasteiger partial charge in [-0.15, -0.1) is 0 Å². The van der Waals surface area contributed by atoms with Crippen molar-refractivity contribution in [1.29, 1.82) is 0 Å². The van der Waals surface area contributed by atoms with Gasteiger partial charge >= 0.3 is 0 Å². The van der Waals surface area contributed by atoms with E-state index < -0.39 is 6.10 Å². The highest BCUT2D eigenvalue weighted by Gasteiger charge is 2.14. The van der Waals surface area contributed by atoms with Crippen molar-refractivity contribution >= 4 is 28.9 Å². The Morgan fingerprint density at radius 1 is 1.42 bits per heavy atom. The maximum absolute atomic E-state index is 9.43. The molecule has 2 heterocycles. The number of hydrogen-bond acceptors (Lipinski definition) is 7. The van der Waals surface area contributed by atoms with Crippen molar-refractivity contribution in [3.8, 4) is 0 Å². The molecule has 0 saturated carbocycles. The molecule has 0 spiro atoms. The van der Waals surface area contributed by atoms with Gasteiger partial charge in [0.25, 0.3) is 0 Å². The first-order chi connectivity index (χ1) is 9.01. The predicted octanol–water partition coefficient (Wildman–Crippen LogP) is -2.33. The van der Waals surface area contributed by atoms with E-state index in [2.05, 4.69) is 19.9 Å². The third-order valence-corrected chi connectivity index (χ3v) is 2.32. The third-order valence-electron chi connectivity index (χ3n) is 2.32. The number of nitrogens with zero attached hydrogens (tertiary/aromatic N) is 5. The van der Waals surface area contributed by atoms with Gasteiger partial charge in [0, 0.05) is 0 Å². The fourth-order valence-electron chi connectivity index (χ4n) is 1.56. The van der Waals surface area contributed by atoms with E-state index >= 15 is 0 Å². The highest BCUT2D eigenvalue weighted by molar-refractivity contribution is 5.87. The van der Waals surface area contributed by atoms with E-state index in [-0.39, 0.29) is 30.9 Å². The van der Waals surface area contributed by atoms with Gasteiger partial charge in [0.05, 0.1) is 25.6 Å². The third kappa shape index (κ3) is 2.69. The van der Waals surface area contributed by atoms with Crippen molar-refractivity contribution in [3.63, 3.8) is 0 Å². The van der Waals surface area contributed by atoms with E-state index in [0.717, 1.165) is 0 Å². The Balaban J connectivity index is 2.54. The van der Waals surface area contributed by atoms with Crippen LogP contribution in [-0.4, -0.2) is 48.4 Å². The summed E-state index contributed by atoms with van der Waals surface area (Å²) < 4.78 is 1.53. The van der Waals surface area contributed by atoms with Gasteiger partial charge in [0.2, 0.25) is 5.95 Å². The molecule has 0 amide bonds. The number of aromatic nitrogens is 4. The molecule has 1 atom stereocenters. The summed E-state index contributed by atoms with van der Waals surface area (Å²) in [6.07, 6.45) is 0.503. The topological polar surface area (TPSA) is 174 Å². The van der Waals surface area contributed by atoms with Crippen LogP contribution in [-0.2, 0) is 6.54 Å². The molecule has 102 valence electrons. The lowest BCUT2D eigenvalue weighted by atomic mass is 10.4. The van der Waals surface area contributed by atoms with E-state index in [9.17, 15) is 5.11 Å². The molecule has 0 bridgehead atoms. The average Bonchev–Trinajstić information content (AvgIpc) is 2.71. The van der Waals surface area contributed by atoms with Crippen molar-refractivity contribution in [2.24, 2.45) is 16.5 Å². The minimum Gasteiger partial charge on any atom is -0.394 e. The summed E-state index contributed by atoms with van der Waals surface area (Å²) in [5.41, 5.74) is 16.9. The smallest absolute Gasteiger partial charge is 0.224 e. The summed E-state index contributed by atoms with van der Waals surface area (Å²) in [7, 11) is 0. The fraction of sp³-hybridized carbons (Fsp3) is 0.333. The van der Waals surface area contributed by atoms with Crippen LogP contribution in [0.3, 0.4) is 0 Å². The maximum atomic E-state index is 9.43. The second kappa shape index (κ2) is 5.04. The van der Waals surface area contributed by atoms with Crippen molar-refractivity contribution < 1.29 is 10.2 Å². The summed E-state index contributed by atoms with van der Waals surface area (Å²) in [4.78, 5) is 15.8. The van der Waals surface area contributed by atoms with E-state index in [1.807, 2.05) is 0 Å². The molecular formula is C9H14N8O2. The zero-order chi connectivity index (χ0) is 14.0. The second-order valence-corrected chi connectivity index (χ2v) is 3.85. The molecule has 1 unspecified atom stereocenters. The standard InChI is InChI=1S/C9H14N8O2/c10-8(11)14-6-5-7(16-9(12)15-6)17(3-13-5)1-4(19)2-18/h3-4,18-19H,1-2H2,(H6,10,11,12,14,15,16). The fourth-order valence-corrected chi connectivity index (χ4v) is 1.56. The van der Waals surface area contributed by atoms with Crippen LogP contribution in [0.4, 0.5) is 11.8 Å². The first kappa shape index (κ1) is 13.0. The summed E-state index contributed by atoms with van der Waals surface area (Å²) in [6, 6.07) is 0. The Bertz CT molecular complexity index is 618. The van der Waals surface area contributed by atoms with Gasteiger partial charge in [-0.1, -0.05) is 0 Å². The van der Waals surface area contributed by atoms with Gasteiger partial charge in [-0.2, -0.15) is 15.0 Å². The summed E-state index contributed by atoms with van der Waals surface area (Å²) in [5, 5.41) is 18.3. The molecule has 0 radical (unpaired) electrons. The molecule has 10 heteroatoms. The molecule has 2 aromatic heterocycles. The molecule has 19 heavy (non-hydrogen) atoms. The molecule has 0 aliphatic rings. The molecule has 0 aromatic carbocycles. The number of imidazole rings is 1. The maximum Gasteiger partial charge on any atom is 0.224 e. The molecule has 2 rings (SSSR count). The Hall–Kier alpha value is -2.46. The second-order valence-electron chi connectivity index (χ2n) is 3.85. The lowest BCUT2D eigenvalue weighted by Gasteiger charge is -2.08. The lowest BCUT2D eigenvalue weighted by molar-refractivity contribution is 0.0820. The van der Waals surface area contributed by atoms with Gasteiger partial charge in [-0.25, -0.2) is 4.98 Å². The zero-order valence-electron chi connectivity index (χ0n) is 9.93. The SMILES string of the molecule is NC(N)=Nc1nc(N)nc2c1ncn2CC(O)CO. The first-order valence-corrected chi connectivity index (χ1v) is 5.38. The minimum absolute atomic E-state index is 0.0206. The van der Waals surface area contributed by atoms with Crippen LogP contribution in [0, 0.1) is 0 Å². The van der Waals surface area contributed by atoms with Crippen molar-refractivity contribution in [3.05, 3.63) is 6.33 Å². The van der Waals surface area contributed by atoms with Gasteiger partial charge in [-0.3, -0.25) is 0 Å².